The van der Waals surface area contributed by atoms with Gasteiger partial charge in [-0.25, -0.2) is 9.78 Å². The smallest absolute Gasteiger partial charge is 0.388 e. The Labute approximate surface area is 185 Å². The molecule has 0 unspecified atom stereocenters. The number of carboxylic acids is 1. The van der Waals surface area contributed by atoms with Gasteiger partial charge in [0.05, 0.1) is 0 Å². The lowest BCUT2D eigenvalue weighted by Crippen LogP contribution is -2.50. The van der Waals surface area contributed by atoms with E-state index in [2.05, 4.69) is 15.0 Å². The number of alkyl halides is 2. The SMILES string of the molecule is Cc1ccc(NC(=O)N(c2ccccc2C(C)C)C2CC(CC(=O)O)C2)c(OC(F)F)n1. The fourth-order valence-electron chi connectivity index (χ4n) is 3.97. The number of nitrogens with one attached hydrogen (secondary N) is 1. The molecular weight excluding hydrogens is 420 g/mol. The Bertz CT molecular complexity index is 977. The molecule has 3 rings (SSSR count). The van der Waals surface area contributed by atoms with E-state index in [-0.39, 0.29) is 35.9 Å². The number of halogens is 2. The van der Waals surface area contributed by atoms with Crippen molar-refractivity contribution >= 4 is 23.4 Å². The van der Waals surface area contributed by atoms with Gasteiger partial charge in [-0.15, -0.1) is 0 Å². The maximum Gasteiger partial charge on any atom is 0.388 e. The summed E-state index contributed by atoms with van der Waals surface area (Å²) >= 11 is 0. The van der Waals surface area contributed by atoms with E-state index in [1.54, 1.807) is 17.9 Å². The van der Waals surface area contributed by atoms with E-state index in [0.717, 1.165) is 5.56 Å². The predicted molar refractivity (Wildman–Crippen MR) is 116 cm³/mol. The summed E-state index contributed by atoms with van der Waals surface area (Å²) in [4.78, 5) is 30.0. The highest BCUT2D eigenvalue weighted by molar-refractivity contribution is 6.03. The van der Waals surface area contributed by atoms with E-state index in [1.165, 1.54) is 6.07 Å². The van der Waals surface area contributed by atoms with E-state index in [9.17, 15) is 18.4 Å². The molecule has 7 nitrogen and oxygen atoms in total. The third-order valence-electron chi connectivity index (χ3n) is 5.52. The molecule has 1 aromatic carbocycles. The molecule has 1 aromatic heterocycles. The van der Waals surface area contributed by atoms with Gasteiger partial charge >= 0.3 is 18.6 Å². The first kappa shape index (κ1) is 23.4. The lowest BCUT2D eigenvalue weighted by molar-refractivity contribution is -0.138. The van der Waals surface area contributed by atoms with Gasteiger partial charge in [-0.3, -0.25) is 9.69 Å². The van der Waals surface area contributed by atoms with Gasteiger partial charge in [-0.05, 0) is 55.4 Å². The zero-order valence-electron chi connectivity index (χ0n) is 18.2. The van der Waals surface area contributed by atoms with Crippen LogP contribution in [0.5, 0.6) is 5.88 Å². The molecule has 2 N–H and O–H groups in total. The summed E-state index contributed by atoms with van der Waals surface area (Å²) in [6.07, 6.45) is 1.13. The minimum absolute atomic E-state index is 0.0159. The molecule has 0 spiro atoms. The largest absolute Gasteiger partial charge is 0.481 e. The first-order valence-electron chi connectivity index (χ1n) is 10.5. The summed E-state index contributed by atoms with van der Waals surface area (Å²) in [6, 6.07) is 9.83. The second-order valence-corrected chi connectivity index (χ2v) is 8.29. The van der Waals surface area contributed by atoms with Crippen molar-refractivity contribution < 1.29 is 28.2 Å². The number of pyridine rings is 1. The number of aliphatic carboxylic acids is 1. The Morgan fingerprint density at radius 2 is 1.91 bits per heavy atom. The molecule has 1 saturated carbocycles. The van der Waals surface area contributed by atoms with Crippen LogP contribution >= 0.6 is 0 Å². The number of carbonyl (C=O) groups excluding carboxylic acids is 1. The highest BCUT2D eigenvalue weighted by atomic mass is 19.3. The number of rotatable bonds is 8. The number of anilines is 2. The summed E-state index contributed by atoms with van der Waals surface area (Å²) in [5.41, 5.74) is 2.16. The zero-order valence-corrected chi connectivity index (χ0v) is 18.2. The Balaban J connectivity index is 1.91. The van der Waals surface area contributed by atoms with Crippen LogP contribution < -0.4 is 15.0 Å². The Morgan fingerprint density at radius 1 is 1.22 bits per heavy atom. The molecule has 2 aromatic rings. The summed E-state index contributed by atoms with van der Waals surface area (Å²) < 4.78 is 30.2. The highest BCUT2D eigenvalue weighted by Gasteiger charge is 2.39. The van der Waals surface area contributed by atoms with Gasteiger partial charge in [0.2, 0.25) is 5.88 Å². The topological polar surface area (TPSA) is 91.8 Å². The second kappa shape index (κ2) is 9.93. The molecule has 0 atom stereocenters. The van der Waals surface area contributed by atoms with Crippen LogP contribution in [0.4, 0.5) is 25.0 Å². The number of urea groups is 1. The van der Waals surface area contributed by atoms with Gasteiger partial charge in [0.1, 0.15) is 5.69 Å². The molecule has 0 aliphatic heterocycles. The number of hydrogen-bond acceptors (Lipinski definition) is 4. The van der Waals surface area contributed by atoms with Crippen molar-refractivity contribution in [2.24, 2.45) is 5.92 Å². The molecule has 9 heteroatoms. The van der Waals surface area contributed by atoms with E-state index in [0.29, 0.717) is 24.2 Å². The minimum atomic E-state index is -3.08. The third kappa shape index (κ3) is 5.52. The number of carbonyl (C=O) groups is 2. The molecular formula is C23H27F2N3O4. The standard InChI is InChI=1S/C23H27F2N3O4/c1-13(2)17-6-4-5-7-19(17)28(16-10-15(11-16)12-20(29)30)23(31)27-18-9-8-14(3)26-21(18)32-22(24)25/h4-9,13,15-16,22H,10-12H2,1-3H3,(H,27,31)(H,29,30). The molecule has 32 heavy (non-hydrogen) atoms. The van der Waals surface area contributed by atoms with Crippen LogP contribution in [0.2, 0.25) is 0 Å². The summed E-state index contributed by atoms with van der Waals surface area (Å²) in [5.74, 6) is -1.11. The number of aromatic nitrogens is 1. The Kier molecular flexibility index (Phi) is 7.27. The number of carboxylic acid groups (broad SMARTS) is 1. The van der Waals surface area contributed by atoms with Crippen LogP contribution in [-0.2, 0) is 4.79 Å². The van der Waals surface area contributed by atoms with Crippen molar-refractivity contribution in [1.82, 2.24) is 4.98 Å². The fourth-order valence-corrected chi connectivity index (χ4v) is 3.97. The van der Waals surface area contributed by atoms with Crippen LogP contribution in [0.25, 0.3) is 0 Å². The first-order chi connectivity index (χ1) is 15.2. The van der Waals surface area contributed by atoms with Gasteiger partial charge in [-0.2, -0.15) is 8.78 Å². The summed E-state index contributed by atoms with van der Waals surface area (Å²) in [6.45, 7) is 2.58. The lowest BCUT2D eigenvalue weighted by atomic mass is 9.77. The number of aryl methyl sites for hydroxylation is 1. The Morgan fingerprint density at radius 3 is 2.53 bits per heavy atom. The average molecular weight is 447 g/mol. The van der Waals surface area contributed by atoms with Crippen LogP contribution in [0.15, 0.2) is 36.4 Å². The van der Waals surface area contributed by atoms with Crippen molar-refractivity contribution in [3.8, 4) is 5.88 Å². The number of hydrogen-bond donors (Lipinski definition) is 2. The lowest BCUT2D eigenvalue weighted by Gasteiger charge is -2.43. The molecule has 0 radical (unpaired) electrons. The highest BCUT2D eigenvalue weighted by Crippen LogP contribution is 2.39. The molecule has 2 amide bonds. The van der Waals surface area contributed by atoms with Gasteiger partial charge in [0, 0.05) is 23.8 Å². The van der Waals surface area contributed by atoms with Crippen molar-refractivity contribution in [2.75, 3.05) is 10.2 Å². The van der Waals surface area contributed by atoms with Crippen molar-refractivity contribution in [3.05, 3.63) is 47.7 Å². The van der Waals surface area contributed by atoms with Gasteiger partial charge < -0.3 is 15.2 Å². The molecule has 0 saturated heterocycles. The van der Waals surface area contributed by atoms with Crippen LogP contribution in [-0.4, -0.2) is 34.7 Å². The number of benzene rings is 1. The molecule has 1 aliphatic rings. The quantitative estimate of drug-likeness (QED) is 0.565. The minimum Gasteiger partial charge on any atom is -0.481 e. The number of amides is 2. The Hall–Kier alpha value is -3.23. The zero-order chi connectivity index (χ0) is 23.4. The third-order valence-corrected chi connectivity index (χ3v) is 5.52. The van der Waals surface area contributed by atoms with Gasteiger partial charge in [0.15, 0.2) is 0 Å². The fraction of sp³-hybridized carbons (Fsp3) is 0.435. The monoisotopic (exact) mass is 447 g/mol. The maximum absolute atomic E-state index is 13.4. The molecule has 1 aliphatic carbocycles. The molecule has 172 valence electrons. The van der Waals surface area contributed by atoms with E-state index in [4.69, 9.17) is 5.11 Å². The summed E-state index contributed by atoms with van der Waals surface area (Å²) in [7, 11) is 0. The van der Waals surface area contributed by atoms with E-state index < -0.39 is 18.6 Å². The number of ether oxygens (including phenoxy) is 1. The predicted octanol–water partition coefficient (Wildman–Crippen LogP) is 5.41. The average Bonchev–Trinajstić information content (AvgIpc) is 2.68. The normalized spacial score (nSPS) is 17.7. The second-order valence-electron chi connectivity index (χ2n) is 8.29. The van der Waals surface area contributed by atoms with Crippen molar-refractivity contribution in [2.45, 2.75) is 58.6 Å². The molecule has 1 fully saturated rings. The van der Waals surface area contributed by atoms with Crippen molar-refractivity contribution in [3.63, 3.8) is 0 Å². The van der Waals surface area contributed by atoms with E-state index >= 15 is 0 Å². The molecule has 0 bridgehead atoms. The molecule has 1 heterocycles. The van der Waals surface area contributed by atoms with Crippen LogP contribution in [0.3, 0.4) is 0 Å². The number of para-hydroxylation sites is 1. The number of nitrogens with zero attached hydrogens (tertiary/aromatic N) is 2. The first-order valence-corrected chi connectivity index (χ1v) is 10.5. The van der Waals surface area contributed by atoms with Gasteiger partial charge in [0.25, 0.3) is 0 Å². The van der Waals surface area contributed by atoms with E-state index in [1.807, 2.05) is 38.1 Å². The maximum atomic E-state index is 13.4. The van der Waals surface area contributed by atoms with Crippen LogP contribution in [0, 0.1) is 12.8 Å². The van der Waals surface area contributed by atoms with Crippen LogP contribution in [0.1, 0.15) is 50.3 Å². The van der Waals surface area contributed by atoms with Crippen molar-refractivity contribution in [1.29, 1.82) is 0 Å². The van der Waals surface area contributed by atoms with Gasteiger partial charge in [-0.1, -0.05) is 32.0 Å². The summed E-state index contributed by atoms with van der Waals surface area (Å²) in [5, 5.41) is 11.7.